The summed E-state index contributed by atoms with van der Waals surface area (Å²) in [6.07, 6.45) is 0.919. The van der Waals surface area contributed by atoms with Crippen LogP contribution in [0.3, 0.4) is 0 Å². The fourth-order valence-electron chi connectivity index (χ4n) is 1.66. The highest BCUT2D eigenvalue weighted by Crippen LogP contribution is 2.19. The predicted molar refractivity (Wildman–Crippen MR) is 68.4 cm³/mol. The van der Waals surface area contributed by atoms with Crippen molar-refractivity contribution in [3.8, 4) is 0 Å². The summed E-state index contributed by atoms with van der Waals surface area (Å²) in [6.45, 7) is 11.4. The van der Waals surface area contributed by atoms with Gasteiger partial charge in [-0.25, -0.2) is 0 Å². The van der Waals surface area contributed by atoms with Gasteiger partial charge in [-0.3, -0.25) is 0 Å². The van der Waals surface area contributed by atoms with E-state index in [1.54, 1.807) is 7.11 Å². The Kier molecular flexibility index (Phi) is 9.74. The first-order valence-electron chi connectivity index (χ1n) is 6.38. The lowest BCUT2D eigenvalue weighted by Crippen LogP contribution is -2.34. The number of rotatable bonds is 11. The highest BCUT2D eigenvalue weighted by Gasteiger charge is 2.24. The molecule has 4 heteroatoms. The molecule has 0 fully saturated rings. The van der Waals surface area contributed by atoms with E-state index < -0.39 is 0 Å². The summed E-state index contributed by atoms with van der Waals surface area (Å²) in [7, 11) is 1.68. The molecule has 1 unspecified atom stereocenters. The minimum Gasteiger partial charge on any atom is -0.382 e. The molecule has 0 aromatic heterocycles. The second kappa shape index (κ2) is 9.83. The zero-order valence-corrected chi connectivity index (χ0v) is 12.0. The van der Waals surface area contributed by atoms with Crippen molar-refractivity contribution in [2.75, 3.05) is 40.1 Å². The van der Waals surface area contributed by atoms with Crippen LogP contribution in [0.25, 0.3) is 0 Å². The molecule has 0 aliphatic heterocycles. The van der Waals surface area contributed by atoms with E-state index in [2.05, 4.69) is 13.8 Å². The summed E-state index contributed by atoms with van der Waals surface area (Å²) >= 11 is 0. The van der Waals surface area contributed by atoms with Crippen molar-refractivity contribution in [1.29, 1.82) is 0 Å². The number of hydrogen-bond donors (Lipinski definition) is 0. The van der Waals surface area contributed by atoms with Gasteiger partial charge in [0, 0.05) is 26.7 Å². The molecule has 0 saturated carbocycles. The van der Waals surface area contributed by atoms with Gasteiger partial charge in [-0.05, 0) is 27.7 Å². The quantitative estimate of drug-likeness (QED) is 0.526. The van der Waals surface area contributed by atoms with Gasteiger partial charge in [0.15, 0.2) is 0 Å². The molecular formula is C13H28O4. The SMILES string of the molecule is CCOCC(CC(C)(C)OCCOC)OCC. The van der Waals surface area contributed by atoms with Gasteiger partial charge in [0.1, 0.15) is 0 Å². The van der Waals surface area contributed by atoms with E-state index in [1.807, 2.05) is 13.8 Å². The Hall–Kier alpha value is -0.160. The number of ether oxygens (including phenoxy) is 4. The van der Waals surface area contributed by atoms with Crippen molar-refractivity contribution in [2.45, 2.75) is 45.8 Å². The second-order valence-corrected chi connectivity index (χ2v) is 4.54. The van der Waals surface area contributed by atoms with Crippen LogP contribution in [0.15, 0.2) is 0 Å². The summed E-state index contributed by atoms with van der Waals surface area (Å²) in [5.74, 6) is 0. The van der Waals surface area contributed by atoms with Crippen molar-refractivity contribution in [2.24, 2.45) is 0 Å². The van der Waals surface area contributed by atoms with Gasteiger partial charge in [0.25, 0.3) is 0 Å². The topological polar surface area (TPSA) is 36.9 Å². The molecule has 0 saturated heterocycles. The van der Waals surface area contributed by atoms with Crippen LogP contribution in [0.1, 0.15) is 34.1 Å². The van der Waals surface area contributed by atoms with Crippen LogP contribution in [0.2, 0.25) is 0 Å². The Bertz CT molecular complexity index is 171. The lowest BCUT2D eigenvalue weighted by molar-refractivity contribution is -0.0916. The van der Waals surface area contributed by atoms with Gasteiger partial charge < -0.3 is 18.9 Å². The van der Waals surface area contributed by atoms with E-state index in [0.29, 0.717) is 33.0 Å². The molecule has 0 aromatic carbocycles. The van der Waals surface area contributed by atoms with E-state index >= 15 is 0 Å². The summed E-state index contributed by atoms with van der Waals surface area (Å²) < 4.78 is 21.8. The van der Waals surface area contributed by atoms with Crippen molar-refractivity contribution >= 4 is 0 Å². The molecule has 0 spiro atoms. The minimum absolute atomic E-state index is 0.0949. The molecule has 0 amide bonds. The molecule has 0 aromatic rings. The molecule has 0 radical (unpaired) electrons. The van der Waals surface area contributed by atoms with Crippen LogP contribution in [-0.2, 0) is 18.9 Å². The van der Waals surface area contributed by atoms with Gasteiger partial charge in [-0.2, -0.15) is 0 Å². The molecule has 0 rings (SSSR count). The Balaban J connectivity index is 4.01. The molecular weight excluding hydrogens is 220 g/mol. The lowest BCUT2D eigenvalue weighted by Gasteiger charge is -2.29. The summed E-state index contributed by atoms with van der Waals surface area (Å²) in [5.41, 5.74) is -0.213. The van der Waals surface area contributed by atoms with Crippen LogP contribution >= 0.6 is 0 Å². The monoisotopic (exact) mass is 248 g/mol. The largest absolute Gasteiger partial charge is 0.382 e. The third-order valence-corrected chi connectivity index (χ3v) is 2.41. The standard InChI is InChI=1S/C13H28O4/c1-6-15-11-12(16-7-2)10-13(3,4)17-9-8-14-5/h12H,6-11H2,1-5H3. The Morgan fingerprint density at radius 1 is 1.06 bits per heavy atom. The average Bonchev–Trinajstić information content (AvgIpc) is 2.26. The normalized spacial score (nSPS) is 13.9. The highest BCUT2D eigenvalue weighted by molar-refractivity contribution is 4.74. The molecule has 0 bridgehead atoms. The van der Waals surface area contributed by atoms with Crippen molar-refractivity contribution < 1.29 is 18.9 Å². The van der Waals surface area contributed by atoms with Crippen molar-refractivity contribution in [3.05, 3.63) is 0 Å². The Morgan fingerprint density at radius 2 is 1.76 bits per heavy atom. The summed E-state index contributed by atoms with van der Waals surface area (Å²) in [6, 6.07) is 0. The average molecular weight is 248 g/mol. The summed E-state index contributed by atoms with van der Waals surface area (Å²) in [4.78, 5) is 0. The Morgan fingerprint density at radius 3 is 2.29 bits per heavy atom. The molecule has 0 aliphatic carbocycles. The first-order chi connectivity index (χ1) is 8.05. The number of hydrogen-bond acceptors (Lipinski definition) is 4. The van der Waals surface area contributed by atoms with E-state index in [4.69, 9.17) is 18.9 Å². The van der Waals surface area contributed by atoms with E-state index in [1.165, 1.54) is 0 Å². The maximum absolute atomic E-state index is 5.77. The van der Waals surface area contributed by atoms with E-state index in [0.717, 1.165) is 6.42 Å². The van der Waals surface area contributed by atoms with Crippen LogP contribution in [-0.4, -0.2) is 51.8 Å². The van der Waals surface area contributed by atoms with Crippen molar-refractivity contribution in [3.63, 3.8) is 0 Å². The van der Waals surface area contributed by atoms with Crippen LogP contribution in [0.4, 0.5) is 0 Å². The predicted octanol–water partition coefficient (Wildman–Crippen LogP) is 2.26. The van der Waals surface area contributed by atoms with Gasteiger partial charge >= 0.3 is 0 Å². The molecule has 104 valence electrons. The maximum atomic E-state index is 5.77. The zero-order chi connectivity index (χ0) is 13.1. The minimum atomic E-state index is -0.213. The maximum Gasteiger partial charge on any atom is 0.0835 e. The lowest BCUT2D eigenvalue weighted by atomic mass is 10.0. The van der Waals surface area contributed by atoms with E-state index in [9.17, 15) is 0 Å². The van der Waals surface area contributed by atoms with Gasteiger partial charge in [-0.15, -0.1) is 0 Å². The van der Waals surface area contributed by atoms with Crippen LogP contribution in [0, 0.1) is 0 Å². The smallest absolute Gasteiger partial charge is 0.0835 e. The molecule has 17 heavy (non-hydrogen) atoms. The van der Waals surface area contributed by atoms with Crippen LogP contribution in [0.5, 0.6) is 0 Å². The molecule has 0 N–H and O–H groups in total. The van der Waals surface area contributed by atoms with Gasteiger partial charge in [-0.1, -0.05) is 0 Å². The fraction of sp³-hybridized carbons (Fsp3) is 1.00. The molecule has 0 heterocycles. The second-order valence-electron chi connectivity index (χ2n) is 4.54. The van der Waals surface area contributed by atoms with E-state index in [-0.39, 0.29) is 11.7 Å². The first-order valence-corrected chi connectivity index (χ1v) is 6.38. The number of methoxy groups -OCH3 is 1. The fourth-order valence-corrected chi connectivity index (χ4v) is 1.66. The third-order valence-electron chi connectivity index (χ3n) is 2.41. The zero-order valence-electron chi connectivity index (χ0n) is 12.0. The highest BCUT2D eigenvalue weighted by atomic mass is 16.5. The third kappa shape index (κ3) is 9.53. The molecule has 0 aliphatic rings. The van der Waals surface area contributed by atoms with Crippen molar-refractivity contribution in [1.82, 2.24) is 0 Å². The molecule has 1 atom stereocenters. The van der Waals surface area contributed by atoms with Gasteiger partial charge in [0.2, 0.25) is 0 Å². The van der Waals surface area contributed by atoms with Gasteiger partial charge in [0.05, 0.1) is 31.5 Å². The Labute approximate surface area is 106 Å². The summed E-state index contributed by atoms with van der Waals surface area (Å²) in [5, 5.41) is 0. The van der Waals surface area contributed by atoms with Crippen LogP contribution < -0.4 is 0 Å². The first kappa shape index (κ1) is 16.8. The molecule has 4 nitrogen and oxygen atoms in total.